The summed E-state index contributed by atoms with van der Waals surface area (Å²) in [6.07, 6.45) is 4.11. The molecule has 160 valence electrons. The fourth-order valence-electron chi connectivity index (χ4n) is 3.10. The highest BCUT2D eigenvalue weighted by molar-refractivity contribution is 7.96. The molecule has 3 aromatic rings. The minimum absolute atomic E-state index is 0.252. The largest absolute Gasteiger partial charge is 0.868 e. The van der Waals surface area contributed by atoms with E-state index in [4.69, 9.17) is 18.9 Å². The lowest BCUT2D eigenvalue weighted by atomic mass is 10.2. The number of nitrogens with zero attached hydrogens (tertiary/aromatic N) is 1. The number of hydrogen-bond acceptors (Lipinski definition) is 7. The lowest BCUT2D eigenvalue weighted by molar-refractivity contribution is -0.270. The van der Waals surface area contributed by atoms with Gasteiger partial charge in [-0.2, -0.15) is 0 Å². The number of benzene rings is 1. The van der Waals surface area contributed by atoms with Crippen LogP contribution in [-0.4, -0.2) is 49.9 Å². The van der Waals surface area contributed by atoms with Crippen molar-refractivity contribution >= 4 is 21.9 Å². The second-order valence-corrected chi connectivity index (χ2v) is 8.51. The number of H-pyrrole nitrogens is 1. The molecular formula is C21H24N2O6S. The van der Waals surface area contributed by atoms with Crippen LogP contribution in [0.5, 0.6) is 28.7 Å². The fraction of sp³-hybridized carbons (Fsp3) is 0.333. The Balaban J connectivity index is 1.66. The van der Waals surface area contributed by atoms with Crippen LogP contribution in [0, 0.1) is 0 Å². The average molecular weight is 432 g/mol. The second kappa shape index (κ2) is 9.62. The van der Waals surface area contributed by atoms with Gasteiger partial charge in [-0.1, -0.05) is 6.07 Å². The molecule has 1 unspecified atom stereocenters. The SMILES string of the molecule is COc1cc(OCCC[S+](C)c2c([O-])c3cccnc3[nH]c2=O)cc(OC)c1OC. The van der Waals surface area contributed by atoms with E-state index in [0.717, 1.165) is 0 Å². The molecule has 0 spiro atoms. The molecule has 8 nitrogen and oxygen atoms in total. The van der Waals surface area contributed by atoms with Gasteiger partial charge in [0, 0.05) is 41.0 Å². The maximum atomic E-state index is 12.7. The Morgan fingerprint density at radius 3 is 2.47 bits per heavy atom. The minimum atomic E-state index is -0.521. The van der Waals surface area contributed by atoms with Crippen LogP contribution >= 0.6 is 0 Å². The molecule has 0 aliphatic heterocycles. The summed E-state index contributed by atoms with van der Waals surface area (Å²) in [4.78, 5) is 19.4. The zero-order valence-corrected chi connectivity index (χ0v) is 18.1. The van der Waals surface area contributed by atoms with Gasteiger partial charge in [0.15, 0.2) is 11.5 Å². The average Bonchev–Trinajstić information content (AvgIpc) is 2.75. The van der Waals surface area contributed by atoms with Gasteiger partial charge in [-0.25, -0.2) is 4.98 Å². The van der Waals surface area contributed by atoms with Gasteiger partial charge in [0.05, 0.1) is 27.9 Å². The van der Waals surface area contributed by atoms with E-state index in [2.05, 4.69) is 9.97 Å². The molecule has 0 radical (unpaired) electrons. The molecule has 0 bridgehead atoms. The van der Waals surface area contributed by atoms with E-state index in [0.29, 0.717) is 52.8 Å². The number of aromatic nitrogens is 2. The van der Waals surface area contributed by atoms with E-state index in [-0.39, 0.29) is 16.2 Å². The molecule has 1 aromatic carbocycles. The molecule has 3 rings (SSSR count). The number of aromatic amines is 1. The van der Waals surface area contributed by atoms with Gasteiger partial charge in [0.25, 0.3) is 0 Å². The quantitative estimate of drug-likeness (QED) is 0.408. The van der Waals surface area contributed by atoms with Gasteiger partial charge in [-0.3, -0.25) is 4.79 Å². The van der Waals surface area contributed by atoms with Crippen molar-refractivity contribution in [3.05, 3.63) is 40.8 Å². The Bertz CT molecular complexity index is 1060. The maximum Gasteiger partial charge on any atom is 0.304 e. The van der Waals surface area contributed by atoms with E-state index in [1.54, 1.807) is 44.7 Å². The molecule has 0 saturated heterocycles. The summed E-state index contributed by atoms with van der Waals surface area (Å²) in [5.74, 6) is 2.49. The van der Waals surface area contributed by atoms with E-state index in [9.17, 15) is 9.90 Å². The third-order valence-electron chi connectivity index (χ3n) is 4.55. The highest BCUT2D eigenvalue weighted by Crippen LogP contribution is 2.40. The van der Waals surface area contributed by atoms with Gasteiger partial charge >= 0.3 is 5.56 Å². The monoisotopic (exact) mass is 432 g/mol. The number of rotatable bonds is 9. The van der Waals surface area contributed by atoms with Crippen LogP contribution in [0.15, 0.2) is 40.2 Å². The van der Waals surface area contributed by atoms with Gasteiger partial charge in [0.2, 0.25) is 10.6 Å². The molecule has 0 aliphatic rings. The van der Waals surface area contributed by atoms with E-state index in [1.165, 1.54) is 7.11 Å². The number of hydrogen-bond donors (Lipinski definition) is 1. The summed E-state index contributed by atoms with van der Waals surface area (Å²) in [6.45, 7) is 0.414. The molecule has 0 amide bonds. The lowest BCUT2D eigenvalue weighted by Gasteiger charge is -2.15. The normalized spacial score (nSPS) is 11.9. The van der Waals surface area contributed by atoms with Gasteiger partial charge in [0.1, 0.15) is 23.4 Å². The van der Waals surface area contributed by atoms with Crippen molar-refractivity contribution in [2.75, 3.05) is 39.9 Å². The lowest BCUT2D eigenvalue weighted by Crippen LogP contribution is -2.23. The molecule has 2 heterocycles. The van der Waals surface area contributed by atoms with Gasteiger partial charge in [-0.05, 0) is 11.8 Å². The Labute approximate surface area is 177 Å². The van der Waals surface area contributed by atoms with Crippen LogP contribution in [0.2, 0.25) is 0 Å². The Hall–Kier alpha value is -3.07. The van der Waals surface area contributed by atoms with Crippen LogP contribution in [0.4, 0.5) is 0 Å². The first-order valence-electron chi connectivity index (χ1n) is 9.23. The van der Waals surface area contributed by atoms with E-state index >= 15 is 0 Å². The fourth-order valence-corrected chi connectivity index (χ4v) is 4.65. The zero-order chi connectivity index (χ0) is 21.7. The molecular weight excluding hydrogens is 408 g/mol. The third kappa shape index (κ3) is 4.40. The topological polar surface area (TPSA) is 106 Å². The Kier molecular flexibility index (Phi) is 6.94. The molecule has 9 heteroatoms. The van der Waals surface area contributed by atoms with Gasteiger partial charge < -0.3 is 29.0 Å². The summed E-state index contributed by atoms with van der Waals surface area (Å²) in [6, 6.07) is 6.81. The van der Waals surface area contributed by atoms with Crippen molar-refractivity contribution in [3.63, 3.8) is 0 Å². The van der Waals surface area contributed by atoms with E-state index in [1.807, 2.05) is 6.26 Å². The summed E-state index contributed by atoms with van der Waals surface area (Å²) < 4.78 is 21.8. The molecule has 1 N–H and O–H groups in total. The third-order valence-corrected chi connectivity index (χ3v) is 6.52. The number of pyridine rings is 2. The standard InChI is InChI=1S/C21H24N2O6S/c1-26-15-11-13(12-16(27-2)18(15)28-3)29-9-6-10-30(4)19-17(24)14-7-5-8-22-20(14)23-21(19)25/h5,7-8,11-12H,6,9-10H2,1-4H3,(H-,22,23,24,25). The van der Waals surface area contributed by atoms with Crippen LogP contribution in [0.1, 0.15) is 6.42 Å². The first-order valence-corrected chi connectivity index (χ1v) is 11.0. The van der Waals surface area contributed by atoms with E-state index < -0.39 is 10.9 Å². The first kappa shape index (κ1) is 21.6. The maximum absolute atomic E-state index is 12.7. The van der Waals surface area contributed by atoms with Crippen molar-refractivity contribution in [3.8, 4) is 28.7 Å². The molecule has 0 aliphatic carbocycles. The summed E-state index contributed by atoms with van der Waals surface area (Å²) >= 11 is 0. The van der Waals surface area contributed by atoms with Crippen molar-refractivity contribution in [1.29, 1.82) is 0 Å². The van der Waals surface area contributed by atoms with Crippen LogP contribution < -0.4 is 29.6 Å². The van der Waals surface area contributed by atoms with Crippen molar-refractivity contribution < 1.29 is 24.1 Å². The van der Waals surface area contributed by atoms with Crippen molar-refractivity contribution in [1.82, 2.24) is 9.97 Å². The van der Waals surface area contributed by atoms with Crippen LogP contribution in [0.3, 0.4) is 0 Å². The molecule has 2 aromatic heterocycles. The van der Waals surface area contributed by atoms with Crippen molar-refractivity contribution in [2.24, 2.45) is 0 Å². The number of ether oxygens (including phenoxy) is 4. The predicted molar refractivity (Wildman–Crippen MR) is 114 cm³/mol. The molecule has 0 saturated carbocycles. The highest BCUT2D eigenvalue weighted by atomic mass is 32.2. The zero-order valence-electron chi connectivity index (χ0n) is 17.3. The Morgan fingerprint density at radius 2 is 1.83 bits per heavy atom. The summed E-state index contributed by atoms with van der Waals surface area (Å²) in [5, 5.41) is 13.2. The minimum Gasteiger partial charge on any atom is -0.868 e. The number of fused-ring (bicyclic) bond motifs is 1. The smallest absolute Gasteiger partial charge is 0.304 e. The summed E-state index contributed by atoms with van der Waals surface area (Å²) in [5.41, 5.74) is -0.0541. The number of nitrogens with one attached hydrogen (secondary N) is 1. The highest BCUT2D eigenvalue weighted by Gasteiger charge is 2.22. The van der Waals surface area contributed by atoms with Gasteiger partial charge in [-0.15, -0.1) is 0 Å². The second-order valence-electron chi connectivity index (χ2n) is 6.42. The number of methoxy groups -OCH3 is 3. The molecule has 30 heavy (non-hydrogen) atoms. The first-order chi connectivity index (χ1) is 14.5. The van der Waals surface area contributed by atoms with Crippen LogP contribution in [-0.2, 0) is 10.9 Å². The predicted octanol–water partition coefficient (Wildman–Crippen LogP) is 2.10. The molecule has 0 fully saturated rings. The Morgan fingerprint density at radius 1 is 1.13 bits per heavy atom. The summed E-state index contributed by atoms with van der Waals surface area (Å²) in [7, 11) is 4.10. The van der Waals surface area contributed by atoms with Crippen molar-refractivity contribution in [2.45, 2.75) is 11.3 Å². The van der Waals surface area contributed by atoms with Crippen LogP contribution in [0.25, 0.3) is 11.0 Å². The molecule has 1 atom stereocenters.